The molecule has 0 saturated heterocycles. The van der Waals surface area contributed by atoms with Gasteiger partial charge in [-0.25, -0.2) is 4.98 Å². The predicted octanol–water partition coefficient (Wildman–Crippen LogP) is 2.63. The summed E-state index contributed by atoms with van der Waals surface area (Å²) in [6, 6.07) is 9.27. The minimum atomic E-state index is -0.173. The number of fused-ring (bicyclic) bond motifs is 1. The number of nitrogens with zero attached hydrogens (tertiary/aromatic N) is 1. The van der Waals surface area contributed by atoms with Gasteiger partial charge in [0.25, 0.3) is 5.91 Å². The summed E-state index contributed by atoms with van der Waals surface area (Å²) in [6.07, 6.45) is 2.59. The fourth-order valence-corrected chi connectivity index (χ4v) is 2.46. The molecule has 1 aliphatic rings. The van der Waals surface area contributed by atoms with E-state index in [1.807, 2.05) is 18.2 Å². The highest BCUT2D eigenvalue weighted by atomic mass is 35.5. The summed E-state index contributed by atoms with van der Waals surface area (Å²) in [6.45, 7) is 1.80. The molecule has 1 amide bonds. The summed E-state index contributed by atoms with van der Waals surface area (Å²) in [5.74, 6) is -0.173. The lowest BCUT2D eigenvalue weighted by Gasteiger charge is -2.17. The van der Waals surface area contributed by atoms with Crippen molar-refractivity contribution in [1.82, 2.24) is 10.3 Å². The molecule has 0 bridgehead atoms. The Morgan fingerprint density at radius 2 is 2.20 bits per heavy atom. The lowest BCUT2D eigenvalue weighted by atomic mass is 9.98. The summed E-state index contributed by atoms with van der Waals surface area (Å²) in [7, 11) is 0. The molecule has 2 aromatic rings. The van der Waals surface area contributed by atoms with Crippen LogP contribution in [-0.4, -0.2) is 17.4 Å². The van der Waals surface area contributed by atoms with E-state index in [-0.39, 0.29) is 5.91 Å². The first-order valence-corrected chi connectivity index (χ1v) is 6.86. The Bertz CT molecular complexity index is 657. The molecule has 1 aromatic carbocycles. The van der Waals surface area contributed by atoms with Gasteiger partial charge in [-0.2, -0.15) is 0 Å². The van der Waals surface area contributed by atoms with Gasteiger partial charge in [0.05, 0.1) is 5.69 Å². The number of halogens is 1. The lowest BCUT2D eigenvalue weighted by Crippen LogP contribution is -2.24. The maximum Gasteiger partial charge on any atom is 0.255 e. The molecule has 0 atom stereocenters. The second-order valence-corrected chi connectivity index (χ2v) is 5.06. The van der Waals surface area contributed by atoms with E-state index in [2.05, 4.69) is 15.6 Å². The monoisotopic (exact) mass is 287 g/mol. The van der Waals surface area contributed by atoms with Gasteiger partial charge in [-0.1, -0.05) is 17.7 Å². The maximum atomic E-state index is 12.2. The number of amides is 1. The Morgan fingerprint density at radius 1 is 1.30 bits per heavy atom. The zero-order valence-corrected chi connectivity index (χ0v) is 11.6. The van der Waals surface area contributed by atoms with Crippen LogP contribution in [0.5, 0.6) is 0 Å². The van der Waals surface area contributed by atoms with Crippen molar-refractivity contribution in [1.29, 1.82) is 0 Å². The van der Waals surface area contributed by atoms with Gasteiger partial charge < -0.3 is 10.6 Å². The fourth-order valence-electron chi connectivity index (χ4n) is 2.30. The molecule has 3 rings (SSSR count). The van der Waals surface area contributed by atoms with Crippen molar-refractivity contribution in [2.45, 2.75) is 13.0 Å². The molecule has 102 valence electrons. The van der Waals surface area contributed by atoms with Crippen LogP contribution in [0.2, 0.25) is 5.15 Å². The number of aromatic nitrogens is 1. The number of anilines is 1. The zero-order valence-electron chi connectivity index (χ0n) is 10.8. The first-order valence-electron chi connectivity index (χ1n) is 6.48. The summed E-state index contributed by atoms with van der Waals surface area (Å²) >= 11 is 5.94. The molecule has 1 aliphatic heterocycles. The smallest absolute Gasteiger partial charge is 0.255 e. The van der Waals surface area contributed by atoms with Gasteiger partial charge >= 0.3 is 0 Å². The van der Waals surface area contributed by atoms with Crippen molar-refractivity contribution in [3.05, 3.63) is 58.4 Å². The molecule has 20 heavy (non-hydrogen) atoms. The van der Waals surface area contributed by atoms with E-state index in [0.29, 0.717) is 16.4 Å². The number of hydrogen-bond donors (Lipinski definition) is 2. The molecule has 0 fully saturated rings. The second-order valence-electron chi connectivity index (χ2n) is 4.71. The van der Waals surface area contributed by atoms with Crippen LogP contribution < -0.4 is 10.6 Å². The van der Waals surface area contributed by atoms with Crippen LogP contribution in [0.25, 0.3) is 0 Å². The van der Waals surface area contributed by atoms with Gasteiger partial charge in [0.2, 0.25) is 0 Å². The van der Waals surface area contributed by atoms with E-state index < -0.39 is 0 Å². The molecule has 0 radical (unpaired) electrons. The lowest BCUT2D eigenvalue weighted by molar-refractivity contribution is 0.102. The second kappa shape index (κ2) is 5.61. The van der Waals surface area contributed by atoms with Gasteiger partial charge in [-0.15, -0.1) is 0 Å². The molecule has 2 N–H and O–H groups in total. The highest BCUT2D eigenvalue weighted by molar-refractivity contribution is 6.32. The van der Waals surface area contributed by atoms with Crippen molar-refractivity contribution < 1.29 is 4.79 Å². The van der Waals surface area contributed by atoms with E-state index in [1.54, 1.807) is 18.3 Å². The molecule has 0 saturated carbocycles. The maximum absolute atomic E-state index is 12.2. The van der Waals surface area contributed by atoms with Crippen LogP contribution >= 0.6 is 11.6 Å². The van der Waals surface area contributed by atoms with E-state index in [1.165, 1.54) is 11.1 Å². The quantitative estimate of drug-likeness (QED) is 0.835. The Hall–Kier alpha value is -1.91. The van der Waals surface area contributed by atoms with Gasteiger partial charge in [-0.3, -0.25) is 4.79 Å². The third kappa shape index (κ3) is 2.66. The van der Waals surface area contributed by atoms with Crippen molar-refractivity contribution >= 4 is 23.2 Å². The summed E-state index contributed by atoms with van der Waals surface area (Å²) in [5.41, 5.74) is 3.64. The number of pyridine rings is 1. The number of carbonyl (C=O) groups excluding carboxylic acids is 1. The van der Waals surface area contributed by atoms with Crippen LogP contribution in [0.4, 0.5) is 5.69 Å². The minimum absolute atomic E-state index is 0.173. The van der Waals surface area contributed by atoms with Crippen LogP contribution in [0, 0.1) is 0 Å². The van der Waals surface area contributed by atoms with Crippen molar-refractivity contribution in [3.8, 4) is 0 Å². The van der Waals surface area contributed by atoms with Crippen molar-refractivity contribution in [2.24, 2.45) is 0 Å². The number of hydrogen-bond acceptors (Lipinski definition) is 3. The Kier molecular flexibility index (Phi) is 3.67. The molecule has 0 aliphatic carbocycles. The zero-order chi connectivity index (χ0) is 13.9. The largest absolute Gasteiger partial charge is 0.319 e. The highest BCUT2D eigenvalue weighted by Crippen LogP contribution is 2.20. The molecule has 4 nitrogen and oxygen atoms in total. The normalized spacial score (nSPS) is 13.7. The van der Waals surface area contributed by atoms with Crippen LogP contribution in [0.15, 0.2) is 36.5 Å². The average Bonchev–Trinajstić information content (AvgIpc) is 2.49. The molecule has 0 spiro atoms. The molecular weight excluding hydrogens is 274 g/mol. The predicted molar refractivity (Wildman–Crippen MR) is 79.1 cm³/mol. The third-order valence-corrected chi connectivity index (χ3v) is 3.66. The summed E-state index contributed by atoms with van der Waals surface area (Å²) < 4.78 is 0. The SMILES string of the molecule is O=C(Nc1cccnc1Cl)c1ccc2c(c1)CNCC2. The molecule has 5 heteroatoms. The van der Waals surface area contributed by atoms with Crippen LogP contribution in [0.1, 0.15) is 21.5 Å². The fraction of sp³-hybridized carbons (Fsp3) is 0.200. The topological polar surface area (TPSA) is 54.0 Å². The van der Waals surface area contributed by atoms with Crippen molar-refractivity contribution in [3.63, 3.8) is 0 Å². The third-order valence-electron chi connectivity index (χ3n) is 3.36. The van der Waals surface area contributed by atoms with Gasteiger partial charge in [0.15, 0.2) is 5.15 Å². The number of carbonyl (C=O) groups is 1. The van der Waals surface area contributed by atoms with Gasteiger partial charge in [-0.05, 0) is 48.4 Å². The molecule has 1 aromatic heterocycles. The van der Waals surface area contributed by atoms with E-state index >= 15 is 0 Å². The van der Waals surface area contributed by atoms with Gasteiger partial charge in [0, 0.05) is 18.3 Å². The van der Waals surface area contributed by atoms with Crippen LogP contribution in [0.3, 0.4) is 0 Å². The Labute approximate surface area is 122 Å². The van der Waals surface area contributed by atoms with Crippen LogP contribution in [-0.2, 0) is 13.0 Å². The molecule has 0 unspecified atom stereocenters. The number of nitrogens with one attached hydrogen (secondary N) is 2. The van der Waals surface area contributed by atoms with E-state index in [0.717, 1.165) is 19.5 Å². The first kappa shape index (κ1) is 13.1. The number of benzene rings is 1. The summed E-state index contributed by atoms with van der Waals surface area (Å²) in [5, 5.41) is 6.37. The molecular formula is C15H14ClN3O. The van der Waals surface area contributed by atoms with Gasteiger partial charge in [0.1, 0.15) is 0 Å². The highest BCUT2D eigenvalue weighted by Gasteiger charge is 2.13. The number of rotatable bonds is 2. The van der Waals surface area contributed by atoms with E-state index in [4.69, 9.17) is 11.6 Å². The Morgan fingerprint density at radius 3 is 3.05 bits per heavy atom. The Balaban J connectivity index is 1.82. The standard InChI is InChI=1S/C15H14ClN3O/c16-14-13(2-1-6-18-14)19-15(20)11-4-3-10-5-7-17-9-12(10)8-11/h1-4,6,8,17H,5,7,9H2,(H,19,20). The first-order chi connectivity index (χ1) is 9.74. The average molecular weight is 288 g/mol. The van der Waals surface area contributed by atoms with Crippen molar-refractivity contribution in [2.75, 3.05) is 11.9 Å². The summed E-state index contributed by atoms with van der Waals surface area (Å²) in [4.78, 5) is 16.2. The minimum Gasteiger partial charge on any atom is -0.319 e. The van der Waals surface area contributed by atoms with E-state index in [9.17, 15) is 4.79 Å². The molecule has 2 heterocycles.